The minimum Gasteiger partial charge on any atom is -0.481 e. The van der Waals surface area contributed by atoms with Gasteiger partial charge in [-0.2, -0.15) is 4.31 Å². The van der Waals surface area contributed by atoms with E-state index >= 15 is 0 Å². The van der Waals surface area contributed by atoms with Crippen LogP contribution in [0.4, 0.5) is 0 Å². The quantitative estimate of drug-likeness (QED) is 0.771. The van der Waals surface area contributed by atoms with E-state index in [0.717, 1.165) is 24.8 Å². The Balaban J connectivity index is 1.58. The first-order valence-electron chi connectivity index (χ1n) is 8.99. The third-order valence-corrected chi connectivity index (χ3v) is 7.07. The van der Waals surface area contributed by atoms with Crippen LogP contribution in [-0.2, 0) is 32.5 Å². The zero-order chi connectivity index (χ0) is 18.7. The molecule has 3 rings (SSSR count). The second-order valence-corrected chi connectivity index (χ2v) is 8.84. The topological polar surface area (TPSA) is 104 Å². The van der Waals surface area contributed by atoms with Crippen molar-refractivity contribution in [3.8, 4) is 0 Å². The molecule has 8 heteroatoms. The molecule has 26 heavy (non-hydrogen) atoms. The number of piperidine rings is 1. The molecule has 1 aliphatic heterocycles. The summed E-state index contributed by atoms with van der Waals surface area (Å²) < 4.78 is 27.2. The van der Waals surface area contributed by atoms with E-state index in [4.69, 9.17) is 5.11 Å². The number of carboxylic acid groups (broad SMARTS) is 1. The van der Waals surface area contributed by atoms with Crippen molar-refractivity contribution < 1.29 is 23.1 Å². The Morgan fingerprint density at radius 3 is 2.54 bits per heavy atom. The maximum atomic E-state index is 12.9. The smallest absolute Gasteiger partial charge is 0.305 e. The molecule has 2 N–H and O–H groups in total. The van der Waals surface area contributed by atoms with Gasteiger partial charge in [0, 0.05) is 25.6 Å². The summed E-state index contributed by atoms with van der Waals surface area (Å²) in [6.07, 6.45) is 3.79. The Labute approximate surface area is 153 Å². The van der Waals surface area contributed by atoms with Crippen molar-refractivity contribution in [3.63, 3.8) is 0 Å². The second-order valence-electron chi connectivity index (χ2n) is 6.90. The number of nitrogens with zero attached hydrogens (tertiary/aromatic N) is 1. The van der Waals surface area contributed by atoms with Gasteiger partial charge in [-0.25, -0.2) is 8.42 Å². The number of aryl methyl sites for hydroxylation is 2. The predicted octanol–water partition coefficient (Wildman–Crippen LogP) is 1.17. The maximum Gasteiger partial charge on any atom is 0.305 e. The molecule has 1 saturated heterocycles. The summed E-state index contributed by atoms with van der Waals surface area (Å²) >= 11 is 0. The standard InChI is InChI=1S/C18H24N2O5S/c21-17(22)6-9-19-18(23)14-7-10-20(11-8-14)26(24,25)16-5-4-13-2-1-3-15(13)12-16/h4-5,12,14H,1-3,6-11H2,(H,19,23)(H,21,22). The molecule has 0 aromatic heterocycles. The summed E-state index contributed by atoms with van der Waals surface area (Å²) in [7, 11) is -3.54. The highest BCUT2D eigenvalue weighted by Crippen LogP contribution is 2.28. The zero-order valence-corrected chi connectivity index (χ0v) is 15.4. The lowest BCUT2D eigenvalue weighted by Gasteiger charge is -2.30. The fraction of sp³-hybridized carbons (Fsp3) is 0.556. The Kier molecular flexibility index (Phi) is 5.62. The fourth-order valence-electron chi connectivity index (χ4n) is 3.65. The molecule has 142 valence electrons. The van der Waals surface area contributed by atoms with Crippen LogP contribution in [0, 0.1) is 5.92 Å². The first-order chi connectivity index (χ1) is 12.4. The number of rotatable bonds is 6. The van der Waals surface area contributed by atoms with Gasteiger partial charge in [0.2, 0.25) is 15.9 Å². The summed E-state index contributed by atoms with van der Waals surface area (Å²) in [5, 5.41) is 11.2. The van der Waals surface area contributed by atoms with Gasteiger partial charge in [-0.15, -0.1) is 0 Å². The predicted molar refractivity (Wildman–Crippen MR) is 95.2 cm³/mol. The van der Waals surface area contributed by atoms with Crippen molar-refractivity contribution in [3.05, 3.63) is 29.3 Å². The van der Waals surface area contributed by atoms with Gasteiger partial charge in [-0.05, 0) is 55.4 Å². The SMILES string of the molecule is O=C(O)CCNC(=O)C1CCN(S(=O)(=O)c2ccc3c(c2)CCC3)CC1. The Hall–Kier alpha value is -1.93. The number of nitrogens with one attached hydrogen (secondary N) is 1. The van der Waals surface area contributed by atoms with Gasteiger partial charge in [0.15, 0.2) is 0 Å². The molecule has 0 spiro atoms. The summed E-state index contributed by atoms with van der Waals surface area (Å²) in [5.74, 6) is -1.42. The lowest BCUT2D eigenvalue weighted by atomic mass is 9.97. The van der Waals surface area contributed by atoms with E-state index in [0.29, 0.717) is 30.8 Å². The fourth-order valence-corrected chi connectivity index (χ4v) is 5.17. The van der Waals surface area contributed by atoms with Crippen LogP contribution in [0.5, 0.6) is 0 Å². The lowest BCUT2D eigenvalue weighted by Crippen LogP contribution is -2.43. The van der Waals surface area contributed by atoms with E-state index in [9.17, 15) is 18.0 Å². The van der Waals surface area contributed by atoms with Gasteiger partial charge in [-0.1, -0.05) is 6.07 Å². The van der Waals surface area contributed by atoms with Gasteiger partial charge in [0.05, 0.1) is 11.3 Å². The number of carboxylic acids is 1. The van der Waals surface area contributed by atoms with Gasteiger partial charge < -0.3 is 10.4 Å². The second kappa shape index (κ2) is 7.75. The summed E-state index contributed by atoms with van der Waals surface area (Å²) in [6, 6.07) is 5.39. The minimum atomic E-state index is -3.54. The molecule has 0 unspecified atom stereocenters. The molecule has 2 aliphatic rings. The molecule has 1 heterocycles. The molecule has 0 bridgehead atoms. The van der Waals surface area contributed by atoms with Gasteiger partial charge in [0.1, 0.15) is 0 Å². The third-order valence-electron chi connectivity index (χ3n) is 5.17. The first-order valence-corrected chi connectivity index (χ1v) is 10.4. The van der Waals surface area contributed by atoms with Crippen molar-refractivity contribution in [2.45, 2.75) is 43.4 Å². The highest BCUT2D eigenvalue weighted by molar-refractivity contribution is 7.89. The van der Waals surface area contributed by atoms with Crippen LogP contribution in [0.15, 0.2) is 23.1 Å². The number of hydrogen-bond donors (Lipinski definition) is 2. The number of carbonyl (C=O) groups excluding carboxylic acids is 1. The molecule has 0 saturated carbocycles. The van der Waals surface area contributed by atoms with Crippen LogP contribution in [-0.4, -0.2) is 49.3 Å². The van der Waals surface area contributed by atoms with E-state index in [1.165, 1.54) is 9.87 Å². The summed E-state index contributed by atoms with van der Waals surface area (Å²) in [4.78, 5) is 22.9. The van der Waals surface area contributed by atoms with Crippen LogP contribution >= 0.6 is 0 Å². The molecular weight excluding hydrogens is 356 g/mol. The average Bonchev–Trinajstić information content (AvgIpc) is 3.09. The van der Waals surface area contributed by atoms with Crippen LogP contribution in [0.25, 0.3) is 0 Å². The lowest BCUT2D eigenvalue weighted by molar-refractivity contribution is -0.137. The van der Waals surface area contributed by atoms with Gasteiger partial charge in [0.25, 0.3) is 0 Å². The molecule has 7 nitrogen and oxygen atoms in total. The van der Waals surface area contributed by atoms with Crippen LogP contribution in [0.3, 0.4) is 0 Å². The van der Waals surface area contributed by atoms with Crippen molar-refractivity contribution in [1.29, 1.82) is 0 Å². The van der Waals surface area contributed by atoms with Crippen molar-refractivity contribution in [2.24, 2.45) is 5.92 Å². The molecule has 1 fully saturated rings. The van der Waals surface area contributed by atoms with Crippen molar-refractivity contribution in [1.82, 2.24) is 9.62 Å². The highest BCUT2D eigenvalue weighted by atomic mass is 32.2. The summed E-state index contributed by atoms with van der Waals surface area (Å²) in [6.45, 7) is 0.703. The summed E-state index contributed by atoms with van der Waals surface area (Å²) in [5.41, 5.74) is 2.36. The monoisotopic (exact) mass is 380 g/mol. The maximum absolute atomic E-state index is 12.9. The number of benzene rings is 1. The highest BCUT2D eigenvalue weighted by Gasteiger charge is 2.32. The van der Waals surface area contributed by atoms with Crippen LogP contribution in [0.1, 0.15) is 36.8 Å². The first kappa shape index (κ1) is 18.8. The molecule has 0 radical (unpaired) electrons. The largest absolute Gasteiger partial charge is 0.481 e. The number of amides is 1. The number of sulfonamides is 1. The number of hydrogen-bond acceptors (Lipinski definition) is 4. The van der Waals surface area contributed by atoms with E-state index < -0.39 is 16.0 Å². The van der Waals surface area contributed by atoms with Gasteiger partial charge in [-0.3, -0.25) is 9.59 Å². The van der Waals surface area contributed by atoms with Gasteiger partial charge >= 0.3 is 5.97 Å². The molecule has 1 aliphatic carbocycles. The van der Waals surface area contributed by atoms with Crippen LogP contribution in [0.2, 0.25) is 0 Å². The Morgan fingerprint density at radius 2 is 1.85 bits per heavy atom. The normalized spacial score (nSPS) is 18.5. The van der Waals surface area contributed by atoms with E-state index in [1.807, 2.05) is 6.07 Å². The third kappa shape index (κ3) is 4.07. The molecule has 1 aromatic carbocycles. The van der Waals surface area contributed by atoms with E-state index in [1.54, 1.807) is 12.1 Å². The number of fused-ring (bicyclic) bond motifs is 1. The average molecular weight is 380 g/mol. The van der Waals surface area contributed by atoms with Crippen LogP contribution < -0.4 is 5.32 Å². The molecule has 1 aromatic rings. The van der Waals surface area contributed by atoms with Crippen molar-refractivity contribution >= 4 is 21.9 Å². The molecule has 1 amide bonds. The molecule has 0 atom stereocenters. The van der Waals surface area contributed by atoms with E-state index in [2.05, 4.69) is 5.32 Å². The number of aliphatic carboxylic acids is 1. The Morgan fingerprint density at radius 1 is 1.15 bits per heavy atom. The number of carbonyl (C=O) groups is 2. The minimum absolute atomic E-state index is 0.0990. The van der Waals surface area contributed by atoms with Crippen molar-refractivity contribution in [2.75, 3.05) is 19.6 Å². The van der Waals surface area contributed by atoms with E-state index in [-0.39, 0.29) is 24.8 Å². The molecular formula is C18H24N2O5S. The Bertz CT molecular complexity index is 798. The zero-order valence-electron chi connectivity index (χ0n) is 14.6.